The molecule has 2 aliphatic carbocycles. The number of nitrogens with two attached hydrogens (primary N) is 1. The fourth-order valence-electron chi connectivity index (χ4n) is 6.52. The predicted molar refractivity (Wildman–Crippen MR) is 143 cm³/mol. The summed E-state index contributed by atoms with van der Waals surface area (Å²) in [6.45, 7) is 0. The molecule has 0 bridgehead atoms. The molecule has 1 saturated carbocycles. The third-order valence-electron chi connectivity index (χ3n) is 8.04. The molecule has 0 unspecified atom stereocenters. The summed E-state index contributed by atoms with van der Waals surface area (Å²) in [6, 6.07) is 10.0. The van der Waals surface area contributed by atoms with Crippen molar-refractivity contribution in [2.75, 3.05) is 12.4 Å². The molecule has 2 fully saturated rings. The van der Waals surface area contributed by atoms with Crippen molar-refractivity contribution in [3.05, 3.63) is 98.3 Å². The zero-order valence-corrected chi connectivity index (χ0v) is 21.7. The number of rotatable bonds is 2. The van der Waals surface area contributed by atoms with Gasteiger partial charge in [0.2, 0.25) is 5.91 Å². The number of allylic oxidation sites excluding steroid dienone is 3. The van der Waals surface area contributed by atoms with Crippen LogP contribution in [0, 0.1) is 11.7 Å². The number of ether oxygens (including phenoxy) is 1. The van der Waals surface area contributed by atoms with Gasteiger partial charge in [-0.25, -0.2) is 9.18 Å². The number of carbonyl (C=O) groups is 2. The van der Waals surface area contributed by atoms with E-state index in [0.717, 1.165) is 16.7 Å². The third-order valence-corrected chi connectivity index (χ3v) is 8.57. The van der Waals surface area contributed by atoms with E-state index in [4.69, 9.17) is 33.8 Å². The van der Waals surface area contributed by atoms with Crippen molar-refractivity contribution in [1.82, 2.24) is 5.32 Å². The summed E-state index contributed by atoms with van der Waals surface area (Å²) < 4.78 is 20.4. The molecule has 2 aromatic carbocycles. The molecule has 0 aromatic heterocycles. The molecule has 1 amide bonds. The number of fused-ring (bicyclic) bond motifs is 3. The molecule has 6 rings (SSSR count). The zero-order chi connectivity index (χ0) is 26.8. The second kappa shape index (κ2) is 9.08. The maximum Gasteiger partial charge on any atom is 0.337 e. The Hall–Kier alpha value is -3.46. The molecular formula is C28H23Cl2FN4O3. The zero-order valence-electron chi connectivity index (χ0n) is 20.2. The van der Waals surface area contributed by atoms with Crippen LogP contribution < -0.4 is 16.5 Å². The van der Waals surface area contributed by atoms with Gasteiger partial charge in [0, 0.05) is 33.8 Å². The van der Waals surface area contributed by atoms with Crippen LogP contribution in [0.15, 0.2) is 76.4 Å². The molecule has 2 aliphatic heterocycles. The minimum Gasteiger partial charge on any atom is -0.465 e. The van der Waals surface area contributed by atoms with Gasteiger partial charge in [0.05, 0.1) is 23.4 Å². The first-order chi connectivity index (χ1) is 18.3. The topological polar surface area (TPSA) is 106 Å². The van der Waals surface area contributed by atoms with Crippen molar-refractivity contribution < 1.29 is 18.7 Å². The summed E-state index contributed by atoms with van der Waals surface area (Å²) in [5.74, 6) is 3.72. The van der Waals surface area contributed by atoms with Crippen LogP contribution in [-0.2, 0) is 19.9 Å². The van der Waals surface area contributed by atoms with Gasteiger partial charge in [-0.1, -0.05) is 53.1 Å². The van der Waals surface area contributed by atoms with E-state index in [2.05, 4.69) is 15.7 Å². The number of nitrogens with one attached hydrogen (secondary N) is 2. The van der Waals surface area contributed by atoms with Gasteiger partial charge in [-0.2, -0.15) is 5.10 Å². The number of hydrazone groups is 1. The largest absolute Gasteiger partial charge is 0.465 e. The fourth-order valence-corrected chi connectivity index (χ4v) is 6.88. The minimum absolute atomic E-state index is 0.000603. The van der Waals surface area contributed by atoms with Crippen LogP contribution in [0.3, 0.4) is 0 Å². The fraction of sp³-hybridized carbons (Fsp3) is 0.250. The Bertz CT molecular complexity index is 1530. The molecule has 0 radical (unpaired) electrons. The molecule has 7 nitrogen and oxygen atoms in total. The lowest BCUT2D eigenvalue weighted by atomic mass is 9.71. The smallest absolute Gasteiger partial charge is 0.337 e. The van der Waals surface area contributed by atoms with Crippen molar-refractivity contribution in [1.29, 1.82) is 0 Å². The Morgan fingerprint density at radius 3 is 2.79 bits per heavy atom. The van der Waals surface area contributed by atoms with Crippen molar-refractivity contribution in [3.63, 3.8) is 0 Å². The van der Waals surface area contributed by atoms with Gasteiger partial charge in [-0.3, -0.25) is 10.1 Å². The Balaban J connectivity index is 1.46. The minimum atomic E-state index is -1.19. The van der Waals surface area contributed by atoms with Gasteiger partial charge >= 0.3 is 5.97 Å². The maximum absolute atomic E-state index is 15.6. The Labute approximate surface area is 228 Å². The van der Waals surface area contributed by atoms with E-state index in [9.17, 15) is 9.59 Å². The molecule has 10 heteroatoms. The van der Waals surface area contributed by atoms with E-state index in [0.29, 0.717) is 40.4 Å². The van der Waals surface area contributed by atoms with Gasteiger partial charge in [0.1, 0.15) is 11.4 Å². The third kappa shape index (κ3) is 3.55. The number of hydrogen-bond donors (Lipinski definition) is 3. The number of carbonyl (C=O) groups excluding carboxylic acids is 2. The van der Waals surface area contributed by atoms with E-state index in [1.807, 2.05) is 6.07 Å². The summed E-state index contributed by atoms with van der Waals surface area (Å²) in [5.41, 5.74) is 3.17. The van der Waals surface area contributed by atoms with Crippen molar-refractivity contribution in [3.8, 4) is 0 Å². The lowest BCUT2D eigenvalue weighted by Gasteiger charge is -2.33. The molecule has 1 saturated heterocycles. The van der Waals surface area contributed by atoms with Gasteiger partial charge < -0.3 is 15.9 Å². The molecule has 1 spiro atoms. The second-order valence-corrected chi connectivity index (χ2v) is 10.7. The Kier molecular flexibility index (Phi) is 5.94. The normalized spacial score (nSPS) is 30.4. The van der Waals surface area contributed by atoms with E-state index < -0.39 is 23.2 Å². The van der Waals surface area contributed by atoms with E-state index in [1.165, 1.54) is 13.2 Å². The average molecular weight is 553 g/mol. The summed E-state index contributed by atoms with van der Waals surface area (Å²) in [6.07, 6.45) is 6.21. The standard InChI is InChI=1S/C28H23Cl2FN4O3/c1-38-26(36)13-5-7-16(22(10-13)35-32)14-9-18-21(11-14)34-28(24(18)17-3-2-4-20(30)25(17)31)19-8-6-15(29)12-23(19)33-27(28)37/h2-8,10,12,18,21,24,34H,9,11,32H2,1H3,(H,33,37)/b16-14+,35-22-/t18-,21+,24+,28-/m1/s1. The molecule has 38 heavy (non-hydrogen) atoms. The number of benzene rings is 2. The molecule has 2 aromatic rings. The molecule has 4 atom stereocenters. The number of hydrogen-bond acceptors (Lipinski definition) is 6. The monoisotopic (exact) mass is 552 g/mol. The van der Waals surface area contributed by atoms with Crippen molar-refractivity contribution in [2.24, 2.45) is 16.9 Å². The molecular weight excluding hydrogens is 530 g/mol. The number of anilines is 1. The molecule has 2 heterocycles. The Morgan fingerprint density at radius 1 is 1.21 bits per heavy atom. The number of methoxy groups -OCH3 is 1. The van der Waals surface area contributed by atoms with Crippen LogP contribution >= 0.6 is 23.2 Å². The first-order valence-corrected chi connectivity index (χ1v) is 12.9. The SMILES string of the molecule is COC(=O)C1=CC(=N/N)/C(=C2\C[C@@H]3[C@H](C2)N[C@@]2(C(=O)Nc4cc(Cl)ccc42)[C@H]3c2cccc(Cl)c2F)C=C1. The van der Waals surface area contributed by atoms with E-state index in [1.54, 1.807) is 42.5 Å². The van der Waals surface area contributed by atoms with Gasteiger partial charge in [-0.05, 0) is 54.7 Å². The summed E-state index contributed by atoms with van der Waals surface area (Å²) in [5, 5.41) is 11.0. The number of amides is 1. The lowest BCUT2D eigenvalue weighted by molar-refractivity contribution is -0.135. The second-order valence-electron chi connectivity index (χ2n) is 9.85. The summed E-state index contributed by atoms with van der Waals surface area (Å²) >= 11 is 12.4. The molecule has 4 N–H and O–H groups in total. The number of halogens is 3. The van der Waals surface area contributed by atoms with Crippen LogP contribution in [0.1, 0.15) is 29.9 Å². The van der Waals surface area contributed by atoms with Crippen LogP contribution in [0.25, 0.3) is 0 Å². The predicted octanol–water partition coefficient (Wildman–Crippen LogP) is 4.73. The highest BCUT2D eigenvalue weighted by molar-refractivity contribution is 6.31. The highest BCUT2D eigenvalue weighted by atomic mass is 35.5. The summed E-state index contributed by atoms with van der Waals surface area (Å²) in [7, 11) is 1.31. The quantitative estimate of drug-likeness (QED) is 0.284. The van der Waals surface area contributed by atoms with Crippen LogP contribution in [-0.4, -0.2) is 30.7 Å². The van der Waals surface area contributed by atoms with Gasteiger partial charge in [-0.15, -0.1) is 0 Å². The van der Waals surface area contributed by atoms with E-state index >= 15 is 4.39 Å². The lowest BCUT2D eigenvalue weighted by Crippen LogP contribution is -2.49. The van der Waals surface area contributed by atoms with Crippen molar-refractivity contribution >= 4 is 46.5 Å². The maximum atomic E-state index is 15.6. The van der Waals surface area contributed by atoms with Gasteiger partial charge in [0.15, 0.2) is 0 Å². The summed E-state index contributed by atoms with van der Waals surface area (Å²) in [4.78, 5) is 25.7. The van der Waals surface area contributed by atoms with Crippen LogP contribution in [0.5, 0.6) is 0 Å². The highest BCUT2D eigenvalue weighted by Gasteiger charge is 2.64. The Morgan fingerprint density at radius 2 is 2.03 bits per heavy atom. The first kappa shape index (κ1) is 24.9. The van der Waals surface area contributed by atoms with E-state index in [-0.39, 0.29) is 22.9 Å². The molecule has 4 aliphatic rings. The van der Waals surface area contributed by atoms with Crippen LogP contribution in [0.4, 0.5) is 10.1 Å². The number of esters is 1. The first-order valence-electron chi connectivity index (χ1n) is 12.1. The van der Waals surface area contributed by atoms with Crippen molar-refractivity contribution in [2.45, 2.75) is 30.3 Å². The average Bonchev–Trinajstić information content (AvgIpc) is 3.54. The highest BCUT2D eigenvalue weighted by Crippen LogP contribution is 2.59. The van der Waals surface area contributed by atoms with Crippen LogP contribution in [0.2, 0.25) is 10.0 Å². The number of nitrogens with zero attached hydrogens (tertiary/aromatic N) is 1. The molecule has 194 valence electrons. The van der Waals surface area contributed by atoms with Gasteiger partial charge in [0.25, 0.3) is 0 Å².